The molecule has 2 heterocycles. The second-order valence-electron chi connectivity index (χ2n) is 5.57. The summed E-state index contributed by atoms with van der Waals surface area (Å²) >= 11 is 6.28. The van der Waals surface area contributed by atoms with Gasteiger partial charge in [-0.2, -0.15) is 5.26 Å². The van der Waals surface area contributed by atoms with Crippen molar-refractivity contribution in [2.24, 2.45) is 5.41 Å². The summed E-state index contributed by atoms with van der Waals surface area (Å²) in [6.45, 7) is 2.02. The van der Waals surface area contributed by atoms with Crippen LogP contribution in [-0.2, 0) is 11.2 Å². The summed E-state index contributed by atoms with van der Waals surface area (Å²) in [6.07, 6.45) is 4.09. The van der Waals surface area contributed by atoms with Crippen molar-refractivity contribution in [3.05, 3.63) is 34.3 Å². The molecule has 2 aliphatic heterocycles. The number of nitriles is 1. The van der Waals surface area contributed by atoms with Gasteiger partial charge in [-0.1, -0.05) is 23.7 Å². The largest absolute Gasteiger partial charge is 0.373 e. The van der Waals surface area contributed by atoms with E-state index in [1.807, 2.05) is 19.1 Å². The van der Waals surface area contributed by atoms with Gasteiger partial charge >= 0.3 is 0 Å². The van der Waals surface area contributed by atoms with E-state index in [1.54, 1.807) is 0 Å². The fraction of sp³-hybridized carbons (Fsp3) is 0.533. The molecule has 3 heteroatoms. The summed E-state index contributed by atoms with van der Waals surface area (Å²) in [5.41, 5.74) is 1.86. The molecule has 0 amide bonds. The lowest BCUT2D eigenvalue weighted by molar-refractivity contribution is 0.0787. The predicted octanol–water partition coefficient (Wildman–Crippen LogP) is 3.65. The lowest BCUT2D eigenvalue weighted by Crippen LogP contribution is -2.33. The minimum absolute atomic E-state index is 0.102. The van der Waals surface area contributed by atoms with Crippen LogP contribution in [0.3, 0.4) is 0 Å². The molecule has 1 aromatic carbocycles. The zero-order chi connectivity index (χ0) is 12.8. The first-order valence-corrected chi connectivity index (χ1v) is 6.82. The summed E-state index contributed by atoms with van der Waals surface area (Å²) in [4.78, 5) is 0. The highest BCUT2D eigenvalue weighted by molar-refractivity contribution is 6.31. The molecule has 2 fully saturated rings. The standard InChI is InChI=1S/C15H16ClNO/c1-10-2-3-11(13(16)6-10)7-15(9-17)8-12-4-5-14(15)18-12/h2-3,6,12,14H,4-5,7-8H2,1H3. The zero-order valence-corrected chi connectivity index (χ0v) is 11.2. The highest BCUT2D eigenvalue weighted by Gasteiger charge is 2.52. The van der Waals surface area contributed by atoms with Crippen molar-refractivity contribution < 1.29 is 4.74 Å². The lowest BCUT2D eigenvalue weighted by Gasteiger charge is -2.28. The van der Waals surface area contributed by atoms with Crippen LogP contribution < -0.4 is 0 Å². The minimum atomic E-state index is -0.359. The van der Waals surface area contributed by atoms with E-state index in [9.17, 15) is 5.26 Å². The van der Waals surface area contributed by atoms with Crippen LogP contribution in [0, 0.1) is 23.7 Å². The van der Waals surface area contributed by atoms with Crippen LogP contribution in [0.1, 0.15) is 30.4 Å². The Kier molecular flexibility index (Phi) is 2.84. The third-order valence-electron chi connectivity index (χ3n) is 4.25. The van der Waals surface area contributed by atoms with Gasteiger partial charge in [0.1, 0.15) is 0 Å². The van der Waals surface area contributed by atoms with Gasteiger partial charge in [-0.25, -0.2) is 0 Å². The van der Waals surface area contributed by atoms with Crippen LogP contribution >= 0.6 is 11.6 Å². The van der Waals surface area contributed by atoms with Crippen molar-refractivity contribution in [3.63, 3.8) is 0 Å². The Labute approximate surface area is 113 Å². The molecule has 1 aromatic rings. The van der Waals surface area contributed by atoms with Crippen molar-refractivity contribution in [2.45, 2.75) is 44.8 Å². The molecular formula is C15H16ClNO. The number of nitrogens with zero attached hydrogens (tertiary/aromatic N) is 1. The molecule has 2 aliphatic rings. The van der Waals surface area contributed by atoms with Crippen LogP contribution in [0.5, 0.6) is 0 Å². The van der Waals surface area contributed by atoms with Crippen molar-refractivity contribution in [1.82, 2.24) is 0 Å². The van der Waals surface area contributed by atoms with Crippen LogP contribution in [0.25, 0.3) is 0 Å². The molecular weight excluding hydrogens is 246 g/mol. The van der Waals surface area contributed by atoms with E-state index in [0.717, 1.165) is 35.4 Å². The Morgan fingerprint density at radius 2 is 2.33 bits per heavy atom. The summed E-state index contributed by atoms with van der Waals surface area (Å²) in [5.74, 6) is 0. The van der Waals surface area contributed by atoms with Crippen LogP contribution in [0.2, 0.25) is 5.02 Å². The monoisotopic (exact) mass is 261 g/mol. The van der Waals surface area contributed by atoms with Gasteiger partial charge in [0.15, 0.2) is 0 Å². The van der Waals surface area contributed by atoms with Gasteiger partial charge in [-0.3, -0.25) is 0 Å². The molecule has 18 heavy (non-hydrogen) atoms. The van der Waals surface area contributed by atoms with E-state index in [-0.39, 0.29) is 11.5 Å². The summed E-state index contributed by atoms with van der Waals surface area (Å²) in [7, 11) is 0. The molecule has 0 spiro atoms. The van der Waals surface area contributed by atoms with Gasteiger partial charge in [0.25, 0.3) is 0 Å². The first-order valence-electron chi connectivity index (χ1n) is 6.45. The maximum absolute atomic E-state index is 9.57. The molecule has 2 bridgehead atoms. The summed E-state index contributed by atoms with van der Waals surface area (Å²) in [5, 5.41) is 10.3. The molecule has 94 valence electrons. The van der Waals surface area contributed by atoms with E-state index in [1.165, 1.54) is 0 Å². The minimum Gasteiger partial charge on any atom is -0.373 e. The second kappa shape index (κ2) is 4.26. The first-order chi connectivity index (χ1) is 8.63. The van der Waals surface area contributed by atoms with E-state index in [2.05, 4.69) is 12.1 Å². The van der Waals surface area contributed by atoms with E-state index < -0.39 is 0 Å². The van der Waals surface area contributed by atoms with Crippen molar-refractivity contribution in [1.29, 1.82) is 5.26 Å². The molecule has 2 nitrogen and oxygen atoms in total. The van der Waals surface area contributed by atoms with Crippen molar-refractivity contribution in [2.75, 3.05) is 0 Å². The maximum Gasteiger partial charge on any atom is 0.0900 e. The highest BCUT2D eigenvalue weighted by Crippen LogP contribution is 2.49. The Morgan fingerprint density at radius 3 is 2.89 bits per heavy atom. The van der Waals surface area contributed by atoms with Crippen molar-refractivity contribution >= 4 is 11.6 Å². The summed E-state index contributed by atoms with van der Waals surface area (Å²) < 4.78 is 5.85. The number of hydrogen-bond donors (Lipinski definition) is 0. The SMILES string of the molecule is Cc1ccc(CC2(C#N)CC3CCC2O3)c(Cl)c1. The van der Waals surface area contributed by atoms with Crippen LogP contribution in [0.15, 0.2) is 18.2 Å². The van der Waals surface area contributed by atoms with Gasteiger partial charge in [-0.15, -0.1) is 0 Å². The zero-order valence-electron chi connectivity index (χ0n) is 10.4. The molecule has 0 radical (unpaired) electrons. The number of benzene rings is 1. The second-order valence-corrected chi connectivity index (χ2v) is 5.97. The number of hydrogen-bond acceptors (Lipinski definition) is 2. The van der Waals surface area contributed by atoms with Gasteiger partial charge < -0.3 is 4.74 Å². The Hall–Kier alpha value is -1.04. The molecule has 2 saturated heterocycles. The molecule has 0 aliphatic carbocycles. The molecule has 3 atom stereocenters. The predicted molar refractivity (Wildman–Crippen MR) is 70.5 cm³/mol. The Morgan fingerprint density at radius 1 is 1.50 bits per heavy atom. The lowest BCUT2D eigenvalue weighted by atomic mass is 9.71. The molecule has 3 unspecified atom stereocenters. The first kappa shape index (κ1) is 12.0. The topological polar surface area (TPSA) is 33.0 Å². The fourth-order valence-corrected chi connectivity index (χ4v) is 3.58. The number of ether oxygens (including phenoxy) is 1. The summed E-state index contributed by atoms with van der Waals surface area (Å²) in [6, 6.07) is 8.58. The normalized spacial score (nSPS) is 33.6. The van der Waals surface area contributed by atoms with E-state index in [0.29, 0.717) is 12.5 Å². The fourth-order valence-electron chi connectivity index (χ4n) is 3.28. The Bertz CT molecular complexity index is 522. The Balaban J connectivity index is 1.89. The van der Waals surface area contributed by atoms with Crippen LogP contribution in [0.4, 0.5) is 0 Å². The third kappa shape index (κ3) is 1.83. The third-order valence-corrected chi connectivity index (χ3v) is 4.60. The number of fused-ring (bicyclic) bond motifs is 2. The maximum atomic E-state index is 9.57. The van der Waals surface area contributed by atoms with E-state index in [4.69, 9.17) is 16.3 Å². The number of rotatable bonds is 2. The molecule has 0 N–H and O–H groups in total. The number of halogens is 1. The number of aryl methyl sites for hydroxylation is 1. The smallest absolute Gasteiger partial charge is 0.0900 e. The average molecular weight is 262 g/mol. The van der Waals surface area contributed by atoms with Gasteiger partial charge in [0, 0.05) is 5.02 Å². The molecule has 0 saturated carbocycles. The average Bonchev–Trinajstić information content (AvgIpc) is 2.93. The van der Waals surface area contributed by atoms with Gasteiger partial charge in [0.05, 0.1) is 23.7 Å². The van der Waals surface area contributed by atoms with E-state index >= 15 is 0 Å². The quantitative estimate of drug-likeness (QED) is 0.814. The molecule has 0 aromatic heterocycles. The van der Waals surface area contributed by atoms with Gasteiger partial charge in [0.2, 0.25) is 0 Å². The molecule has 3 rings (SSSR count). The van der Waals surface area contributed by atoms with Crippen LogP contribution in [-0.4, -0.2) is 12.2 Å². The van der Waals surface area contributed by atoms with Crippen molar-refractivity contribution in [3.8, 4) is 6.07 Å². The highest BCUT2D eigenvalue weighted by atomic mass is 35.5. The van der Waals surface area contributed by atoms with Gasteiger partial charge in [-0.05, 0) is 49.8 Å².